The van der Waals surface area contributed by atoms with Crippen LogP contribution in [0.25, 0.3) is 66.1 Å². The second-order valence-electron chi connectivity index (χ2n) is 13.8. The summed E-state index contributed by atoms with van der Waals surface area (Å²) < 4.78 is 4.54. The van der Waals surface area contributed by atoms with Gasteiger partial charge in [-0.3, -0.25) is 9.59 Å². The summed E-state index contributed by atoms with van der Waals surface area (Å²) in [5.41, 5.74) is 13.1. The molecule has 2 heterocycles. The molecule has 8 aromatic carbocycles. The molecule has 5 nitrogen and oxygen atoms in total. The van der Waals surface area contributed by atoms with Gasteiger partial charge in [-0.05, 0) is 120 Å². The van der Waals surface area contributed by atoms with Crippen LogP contribution in [0.3, 0.4) is 0 Å². The molecule has 260 valence electrons. The lowest BCUT2D eigenvalue weighted by Crippen LogP contribution is -2.10. The van der Waals surface area contributed by atoms with Crippen LogP contribution >= 0.6 is 0 Å². The molecule has 0 radical (unpaired) electrons. The summed E-state index contributed by atoms with van der Waals surface area (Å²) in [6.45, 7) is 0. The molecule has 0 atom stereocenters. The van der Waals surface area contributed by atoms with E-state index in [9.17, 15) is 9.59 Å². The Hall–Kier alpha value is -7.50. The van der Waals surface area contributed by atoms with Gasteiger partial charge in [-0.2, -0.15) is 0 Å². The van der Waals surface area contributed by atoms with E-state index in [2.05, 4.69) is 147 Å². The van der Waals surface area contributed by atoms with Gasteiger partial charge in [0.1, 0.15) is 12.6 Å². The maximum absolute atomic E-state index is 11.5. The second-order valence-corrected chi connectivity index (χ2v) is 13.8. The number of anilines is 3. The van der Waals surface area contributed by atoms with E-state index >= 15 is 0 Å². The summed E-state index contributed by atoms with van der Waals surface area (Å²) in [6, 6.07) is 65.1. The van der Waals surface area contributed by atoms with Crippen molar-refractivity contribution in [3.05, 3.63) is 199 Å². The highest BCUT2D eigenvalue weighted by atomic mass is 16.1. The number of hydrogen-bond donors (Lipinski definition) is 0. The Bertz CT molecular complexity index is 2880. The van der Waals surface area contributed by atoms with Gasteiger partial charge < -0.3 is 14.0 Å². The van der Waals surface area contributed by atoms with Gasteiger partial charge in [0, 0.05) is 61.1 Å². The van der Waals surface area contributed by atoms with Gasteiger partial charge in [0.15, 0.2) is 0 Å². The third-order valence-corrected chi connectivity index (χ3v) is 10.6. The van der Waals surface area contributed by atoms with Crippen LogP contribution < -0.4 is 4.90 Å². The van der Waals surface area contributed by atoms with Gasteiger partial charge in [0.05, 0.1) is 22.1 Å². The van der Waals surface area contributed by atoms with E-state index in [1.54, 1.807) is 0 Å². The minimum absolute atomic E-state index is 0.650. The fourth-order valence-corrected chi connectivity index (χ4v) is 8.04. The quantitative estimate of drug-likeness (QED) is 0.148. The molecular formula is C50H33N3O2. The maximum atomic E-state index is 11.5. The van der Waals surface area contributed by atoms with Gasteiger partial charge in [0.2, 0.25) is 0 Å². The third kappa shape index (κ3) is 5.41. The zero-order valence-corrected chi connectivity index (χ0v) is 29.7. The fraction of sp³-hybridized carbons (Fsp3) is 0. The van der Waals surface area contributed by atoms with Crippen molar-refractivity contribution in [2.75, 3.05) is 4.90 Å². The second kappa shape index (κ2) is 13.2. The average molecular weight is 708 g/mol. The maximum Gasteiger partial charge on any atom is 0.150 e. The highest BCUT2D eigenvalue weighted by Gasteiger charge is 2.20. The first-order valence-electron chi connectivity index (χ1n) is 18.3. The number of aromatic nitrogens is 2. The Morgan fingerprint density at radius 2 is 0.745 bits per heavy atom. The lowest BCUT2D eigenvalue weighted by Gasteiger charge is -2.26. The number of para-hydroxylation sites is 2. The Kier molecular flexibility index (Phi) is 7.70. The summed E-state index contributed by atoms with van der Waals surface area (Å²) in [6.07, 6.45) is 1.76. The Morgan fingerprint density at radius 1 is 0.345 bits per heavy atom. The predicted molar refractivity (Wildman–Crippen MR) is 226 cm³/mol. The topological polar surface area (TPSA) is 47.2 Å². The van der Waals surface area contributed by atoms with Crippen molar-refractivity contribution in [2.45, 2.75) is 0 Å². The van der Waals surface area contributed by atoms with Crippen LogP contribution in [-0.4, -0.2) is 21.7 Å². The number of aldehydes is 2. The highest BCUT2D eigenvalue weighted by Crippen LogP contribution is 2.42. The van der Waals surface area contributed by atoms with Gasteiger partial charge in [-0.25, -0.2) is 0 Å². The van der Waals surface area contributed by atoms with E-state index in [0.717, 1.165) is 90.2 Å². The molecule has 10 aromatic rings. The van der Waals surface area contributed by atoms with Gasteiger partial charge in [-0.15, -0.1) is 0 Å². The number of carbonyl (C=O) groups is 2. The molecule has 0 unspecified atom stereocenters. The van der Waals surface area contributed by atoms with E-state index in [1.165, 1.54) is 5.56 Å². The zero-order valence-electron chi connectivity index (χ0n) is 29.7. The smallest absolute Gasteiger partial charge is 0.150 e. The number of nitrogens with zero attached hydrogens (tertiary/aromatic N) is 3. The summed E-state index contributed by atoms with van der Waals surface area (Å²) in [4.78, 5) is 25.3. The normalized spacial score (nSPS) is 11.4. The van der Waals surface area contributed by atoms with E-state index in [-0.39, 0.29) is 0 Å². The molecule has 0 N–H and O–H groups in total. The van der Waals surface area contributed by atoms with Crippen LogP contribution in [-0.2, 0) is 0 Å². The molecule has 0 fully saturated rings. The van der Waals surface area contributed by atoms with Crippen molar-refractivity contribution in [2.24, 2.45) is 0 Å². The Morgan fingerprint density at radius 3 is 1.22 bits per heavy atom. The number of fused-ring (bicyclic) bond motifs is 6. The van der Waals surface area contributed by atoms with Crippen molar-refractivity contribution >= 4 is 73.2 Å². The molecule has 0 bridgehead atoms. The molecule has 0 spiro atoms. The fourth-order valence-electron chi connectivity index (χ4n) is 8.04. The minimum Gasteiger partial charge on any atom is -0.310 e. The summed E-state index contributed by atoms with van der Waals surface area (Å²) in [5, 5.41) is 4.57. The van der Waals surface area contributed by atoms with Crippen LogP contribution in [0.2, 0.25) is 0 Å². The molecular weight excluding hydrogens is 675 g/mol. The van der Waals surface area contributed by atoms with Crippen LogP contribution in [0, 0.1) is 0 Å². The standard InChI is InChI=1S/C50H33N3O2/c54-32-34-14-20-39(21-15-34)52-47-12-6-4-10-43(47)45-30-41(26-28-49(45)52)51(38-24-18-37(19-25-38)36-8-2-1-3-9-36)42-27-29-50-46(31-42)44-11-5-7-13-48(44)53(50)40-22-16-35(33-55)17-23-40/h1-33H. The summed E-state index contributed by atoms with van der Waals surface area (Å²) in [7, 11) is 0. The van der Waals surface area contributed by atoms with Crippen LogP contribution in [0.15, 0.2) is 188 Å². The van der Waals surface area contributed by atoms with Crippen LogP contribution in [0.1, 0.15) is 20.7 Å². The van der Waals surface area contributed by atoms with E-state index in [1.807, 2.05) is 54.6 Å². The Labute approximate surface area is 317 Å². The molecule has 0 aliphatic heterocycles. The van der Waals surface area contributed by atoms with Gasteiger partial charge >= 0.3 is 0 Å². The van der Waals surface area contributed by atoms with Crippen molar-refractivity contribution in [3.8, 4) is 22.5 Å². The monoisotopic (exact) mass is 707 g/mol. The number of carbonyl (C=O) groups excluding carboxylic acids is 2. The zero-order chi connectivity index (χ0) is 36.9. The van der Waals surface area contributed by atoms with E-state index in [4.69, 9.17) is 0 Å². The van der Waals surface area contributed by atoms with Gasteiger partial charge in [0.25, 0.3) is 0 Å². The minimum atomic E-state index is 0.650. The van der Waals surface area contributed by atoms with E-state index in [0.29, 0.717) is 11.1 Å². The highest BCUT2D eigenvalue weighted by molar-refractivity contribution is 6.12. The first-order valence-corrected chi connectivity index (χ1v) is 18.3. The third-order valence-electron chi connectivity index (χ3n) is 10.6. The SMILES string of the molecule is O=Cc1ccc(-n2c3ccccc3c3cc(N(c4ccc(-c5ccccc5)cc4)c4ccc5c(c4)c4ccccc4n5-c4ccc(C=O)cc4)ccc32)cc1. The van der Waals surface area contributed by atoms with E-state index < -0.39 is 0 Å². The van der Waals surface area contributed by atoms with Gasteiger partial charge in [-0.1, -0.05) is 78.9 Å². The first-order chi connectivity index (χ1) is 27.2. The number of hydrogen-bond acceptors (Lipinski definition) is 3. The largest absolute Gasteiger partial charge is 0.310 e. The average Bonchev–Trinajstić information content (AvgIpc) is 3.77. The van der Waals surface area contributed by atoms with Crippen LogP contribution in [0.5, 0.6) is 0 Å². The first kappa shape index (κ1) is 32.2. The molecule has 2 aromatic heterocycles. The van der Waals surface area contributed by atoms with Crippen molar-refractivity contribution in [1.29, 1.82) is 0 Å². The van der Waals surface area contributed by atoms with Crippen molar-refractivity contribution < 1.29 is 9.59 Å². The lowest BCUT2D eigenvalue weighted by atomic mass is 10.0. The van der Waals surface area contributed by atoms with Crippen molar-refractivity contribution in [1.82, 2.24) is 9.13 Å². The molecule has 0 saturated carbocycles. The molecule has 0 amide bonds. The van der Waals surface area contributed by atoms with Crippen molar-refractivity contribution in [3.63, 3.8) is 0 Å². The number of rotatable bonds is 8. The van der Waals surface area contributed by atoms with Crippen LogP contribution in [0.4, 0.5) is 17.1 Å². The number of benzene rings is 8. The molecule has 0 aliphatic rings. The molecule has 10 rings (SSSR count). The summed E-state index contributed by atoms with van der Waals surface area (Å²) >= 11 is 0. The summed E-state index contributed by atoms with van der Waals surface area (Å²) in [5.74, 6) is 0. The lowest BCUT2D eigenvalue weighted by molar-refractivity contribution is 0.111. The predicted octanol–water partition coefficient (Wildman–Crippen LogP) is 12.6. The molecule has 0 aliphatic carbocycles. The molecule has 55 heavy (non-hydrogen) atoms. The Balaban J connectivity index is 1.18. The molecule has 0 saturated heterocycles. The molecule has 5 heteroatoms.